The zero-order chi connectivity index (χ0) is 15.4. The molecule has 0 saturated carbocycles. The number of hydrogen-bond acceptors (Lipinski definition) is 3. The summed E-state index contributed by atoms with van der Waals surface area (Å²) in [6.45, 7) is 1.69. The van der Waals surface area contributed by atoms with Crippen molar-refractivity contribution < 1.29 is 26.4 Å². The zero-order valence-corrected chi connectivity index (χ0v) is 12.3. The van der Waals surface area contributed by atoms with E-state index < -0.39 is 40.8 Å². The summed E-state index contributed by atoms with van der Waals surface area (Å²) < 4.78 is 61.7. The molecule has 8 heteroatoms. The first-order valence-electron chi connectivity index (χ1n) is 6.67. The molecule has 1 heterocycles. The molecule has 1 unspecified atom stereocenters. The summed E-state index contributed by atoms with van der Waals surface area (Å²) in [7, 11) is -3.72. The molecule has 0 aromatic carbocycles. The third kappa shape index (κ3) is 5.78. The Hall–Kier alpha value is -0.630. The molecular formula is C12H20F3NO3S. The summed E-state index contributed by atoms with van der Waals surface area (Å²) >= 11 is 0. The molecule has 4 nitrogen and oxygen atoms in total. The van der Waals surface area contributed by atoms with Crippen molar-refractivity contribution in [1.82, 2.24) is 4.31 Å². The van der Waals surface area contributed by atoms with Gasteiger partial charge in [0.05, 0.1) is 5.75 Å². The van der Waals surface area contributed by atoms with Gasteiger partial charge in [0.2, 0.25) is 10.0 Å². The van der Waals surface area contributed by atoms with Crippen molar-refractivity contribution >= 4 is 15.8 Å². The highest BCUT2D eigenvalue weighted by atomic mass is 32.2. The second kappa shape index (κ2) is 6.89. The molecule has 1 rings (SSSR count). The van der Waals surface area contributed by atoms with E-state index in [9.17, 15) is 26.4 Å². The molecule has 118 valence electrons. The molecule has 0 spiro atoms. The molecule has 0 radical (unpaired) electrons. The number of nitrogens with zero attached hydrogens (tertiary/aromatic N) is 1. The Bertz CT molecular complexity index is 434. The average molecular weight is 315 g/mol. The van der Waals surface area contributed by atoms with Crippen LogP contribution in [0.1, 0.15) is 45.4 Å². The van der Waals surface area contributed by atoms with Gasteiger partial charge in [-0.2, -0.15) is 17.5 Å². The molecule has 1 aliphatic heterocycles. The van der Waals surface area contributed by atoms with Crippen LogP contribution in [-0.2, 0) is 14.8 Å². The van der Waals surface area contributed by atoms with E-state index in [0.717, 1.165) is 6.42 Å². The lowest BCUT2D eigenvalue weighted by Crippen LogP contribution is -2.45. The molecule has 1 atom stereocenters. The average Bonchev–Trinajstić information content (AvgIpc) is 2.26. The van der Waals surface area contributed by atoms with Crippen LogP contribution in [-0.4, -0.2) is 43.0 Å². The van der Waals surface area contributed by atoms with Crippen LogP contribution in [0.3, 0.4) is 0 Å². The van der Waals surface area contributed by atoms with Gasteiger partial charge in [-0.25, -0.2) is 8.42 Å². The number of sulfonamides is 1. The standard InChI is InChI=1S/C12H20F3NO3S/c1-10(17)9-11-5-2-3-7-16(11)20(18,19)8-4-6-12(13,14)15/h11H,2-9H2,1H3. The summed E-state index contributed by atoms with van der Waals surface area (Å²) in [6.07, 6.45) is -3.61. The molecule has 0 aromatic rings. The maximum Gasteiger partial charge on any atom is 0.389 e. The number of alkyl halides is 3. The molecule has 0 bridgehead atoms. The van der Waals surface area contributed by atoms with Crippen LogP contribution in [0.2, 0.25) is 0 Å². The Kier molecular flexibility index (Phi) is 6.00. The maximum atomic E-state index is 12.1. The second-order valence-corrected chi connectivity index (χ2v) is 7.24. The monoisotopic (exact) mass is 315 g/mol. The van der Waals surface area contributed by atoms with E-state index in [-0.39, 0.29) is 12.2 Å². The maximum absolute atomic E-state index is 12.1. The number of Topliss-reactive ketones (excluding diaryl/α,β-unsaturated/α-hetero) is 1. The van der Waals surface area contributed by atoms with Crippen molar-refractivity contribution in [3.05, 3.63) is 0 Å². The molecule has 1 aliphatic rings. The van der Waals surface area contributed by atoms with Crippen molar-refractivity contribution in [2.45, 2.75) is 57.7 Å². The van der Waals surface area contributed by atoms with Crippen LogP contribution in [0, 0.1) is 0 Å². The number of hydrogen-bond donors (Lipinski definition) is 0. The molecule has 20 heavy (non-hydrogen) atoms. The van der Waals surface area contributed by atoms with Crippen molar-refractivity contribution in [3.63, 3.8) is 0 Å². The highest BCUT2D eigenvalue weighted by Crippen LogP contribution is 2.26. The van der Waals surface area contributed by atoms with Crippen LogP contribution < -0.4 is 0 Å². The van der Waals surface area contributed by atoms with E-state index >= 15 is 0 Å². The van der Waals surface area contributed by atoms with Crippen molar-refractivity contribution in [1.29, 1.82) is 0 Å². The first-order valence-corrected chi connectivity index (χ1v) is 8.28. The SMILES string of the molecule is CC(=O)CC1CCCCN1S(=O)(=O)CCCC(F)(F)F. The molecule has 1 fully saturated rings. The minimum atomic E-state index is -4.34. The summed E-state index contributed by atoms with van der Waals surface area (Å²) in [5, 5.41) is 0. The van der Waals surface area contributed by atoms with Gasteiger partial charge >= 0.3 is 6.18 Å². The molecular weight excluding hydrogens is 295 g/mol. The van der Waals surface area contributed by atoms with Gasteiger partial charge in [0, 0.05) is 25.4 Å². The van der Waals surface area contributed by atoms with Crippen molar-refractivity contribution in [3.8, 4) is 0 Å². The number of carbonyl (C=O) groups is 1. The molecule has 1 saturated heterocycles. The van der Waals surface area contributed by atoms with E-state index in [1.807, 2.05) is 0 Å². The van der Waals surface area contributed by atoms with E-state index in [1.165, 1.54) is 11.2 Å². The Labute approximate surface area is 117 Å². The molecule has 0 amide bonds. The van der Waals surface area contributed by atoms with Crippen LogP contribution in [0.15, 0.2) is 0 Å². The fourth-order valence-corrected chi connectivity index (χ4v) is 4.23. The smallest absolute Gasteiger partial charge is 0.300 e. The lowest BCUT2D eigenvalue weighted by atomic mass is 10.0. The molecule has 0 N–H and O–H groups in total. The number of carbonyl (C=O) groups excluding carboxylic acids is 1. The largest absolute Gasteiger partial charge is 0.389 e. The van der Waals surface area contributed by atoms with Crippen LogP contribution in [0.4, 0.5) is 13.2 Å². The summed E-state index contributed by atoms with van der Waals surface area (Å²) in [6, 6.07) is -0.392. The Morgan fingerprint density at radius 3 is 2.50 bits per heavy atom. The Morgan fingerprint density at radius 2 is 1.95 bits per heavy atom. The number of rotatable bonds is 6. The normalized spacial score (nSPS) is 21.9. The van der Waals surface area contributed by atoms with Crippen LogP contribution in [0.5, 0.6) is 0 Å². The summed E-state index contributed by atoms with van der Waals surface area (Å²) in [5.41, 5.74) is 0. The fourth-order valence-electron chi connectivity index (χ4n) is 2.45. The van der Waals surface area contributed by atoms with Crippen LogP contribution >= 0.6 is 0 Å². The predicted molar refractivity (Wildman–Crippen MR) is 68.7 cm³/mol. The van der Waals surface area contributed by atoms with Crippen LogP contribution in [0.25, 0.3) is 0 Å². The van der Waals surface area contributed by atoms with Crippen molar-refractivity contribution in [2.75, 3.05) is 12.3 Å². The topological polar surface area (TPSA) is 54.5 Å². The number of halogens is 3. The minimum absolute atomic E-state index is 0.104. The van der Waals surface area contributed by atoms with Gasteiger partial charge in [-0.3, -0.25) is 4.79 Å². The Morgan fingerprint density at radius 1 is 1.30 bits per heavy atom. The number of piperidine rings is 1. The first kappa shape index (κ1) is 17.4. The van der Waals surface area contributed by atoms with Gasteiger partial charge in [0.1, 0.15) is 5.78 Å². The van der Waals surface area contributed by atoms with Gasteiger partial charge in [-0.15, -0.1) is 0 Å². The predicted octanol–water partition coefficient (Wildman–Crippen LogP) is 2.49. The third-order valence-corrected chi connectivity index (χ3v) is 5.32. The van der Waals surface area contributed by atoms with Gasteiger partial charge in [0.15, 0.2) is 0 Å². The van der Waals surface area contributed by atoms with Gasteiger partial charge in [-0.05, 0) is 26.2 Å². The van der Waals surface area contributed by atoms with E-state index in [0.29, 0.717) is 19.4 Å². The summed E-state index contributed by atoms with van der Waals surface area (Å²) in [5.74, 6) is -0.617. The molecule has 0 aliphatic carbocycles. The Balaban J connectivity index is 2.65. The highest BCUT2D eigenvalue weighted by molar-refractivity contribution is 7.89. The quantitative estimate of drug-likeness (QED) is 0.757. The summed E-state index contributed by atoms with van der Waals surface area (Å²) in [4.78, 5) is 11.2. The lowest BCUT2D eigenvalue weighted by molar-refractivity contribution is -0.134. The van der Waals surface area contributed by atoms with E-state index in [2.05, 4.69) is 0 Å². The van der Waals surface area contributed by atoms with Gasteiger partial charge in [-0.1, -0.05) is 6.42 Å². The fraction of sp³-hybridized carbons (Fsp3) is 0.917. The number of ketones is 1. The zero-order valence-electron chi connectivity index (χ0n) is 11.4. The first-order chi connectivity index (χ1) is 9.12. The van der Waals surface area contributed by atoms with Crippen molar-refractivity contribution in [2.24, 2.45) is 0 Å². The highest BCUT2D eigenvalue weighted by Gasteiger charge is 2.34. The minimum Gasteiger partial charge on any atom is -0.300 e. The molecule has 0 aromatic heterocycles. The van der Waals surface area contributed by atoms with E-state index in [4.69, 9.17) is 0 Å². The van der Waals surface area contributed by atoms with Gasteiger partial charge < -0.3 is 0 Å². The second-order valence-electron chi connectivity index (χ2n) is 5.20. The van der Waals surface area contributed by atoms with Gasteiger partial charge in [0.25, 0.3) is 0 Å². The third-order valence-electron chi connectivity index (χ3n) is 3.32. The van der Waals surface area contributed by atoms with E-state index in [1.54, 1.807) is 0 Å². The lowest BCUT2D eigenvalue weighted by Gasteiger charge is -2.34.